The van der Waals surface area contributed by atoms with Crippen LogP contribution >= 0.6 is 0 Å². The Morgan fingerprint density at radius 2 is 1.88 bits per heavy atom. The minimum atomic E-state index is -4.74. The third kappa shape index (κ3) is 4.54. The average Bonchev–Trinajstić information content (AvgIpc) is 2.18. The van der Waals surface area contributed by atoms with Gasteiger partial charge in [0.15, 0.2) is 0 Å². The topological polar surface area (TPSA) is 52.4 Å². The number of alkyl halides is 3. The Morgan fingerprint density at radius 1 is 1.35 bits per heavy atom. The summed E-state index contributed by atoms with van der Waals surface area (Å²) in [6.07, 6.45) is -3.49. The Hall–Kier alpha value is -2.05. The second kappa shape index (κ2) is 4.86. The molecule has 1 aromatic rings. The maximum absolute atomic E-state index is 11.8. The summed E-state index contributed by atoms with van der Waals surface area (Å²) < 4.78 is 39.2. The molecule has 0 saturated heterocycles. The van der Waals surface area contributed by atoms with Crippen molar-refractivity contribution in [2.45, 2.75) is 13.3 Å². The number of rotatable bonds is 3. The van der Waals surface area contributed by atoms with Crippen LogP contribution in [0.15, 0.2) is 30.0 Å². The molecule has 0 bridgehead atoms. The summed E-state index contributed by atoms with van der Waals surface area (Å²) in [4.78, 5) is 9.74. The maximum Gasteiger partial charge on any atom is 0.573 e. The number of hydrogen-bond donors (Lipinski definition) is 0. The van der Waals surface area contributed by atoms with E-state index >= 15 is 0 Å². The van der Waals surface area contributed by atoms with Crippen molar-refractivity contribution in [3.8, 4) is 5.75 Å². The van der Waals surface area contributed by atoms with Crippen molar-refractivity contribution in [3.05, 3.63) is 45.6 Å². The molecule has 92 valence electrons. The molecule has 0 aliphatic carbocycles. The van der Waals surface area contributed by atoms with Gasteiger partial charge in [0, 0.05) is 13.0 Å². The highest BCUT2D eigenvalue weighted by atomic mass is 19.4. The molecule has 0 atom stereocenters. The molecule has 0 saturated carbocycles. The minimum Gasteiger partial charge on any atom is -0.406 e. The molecule has 1 aromatic carbocycles. The van der Waals surface area contributed by atoms with Crippen LogP contribution in [0.25, 0.3) is 6.08 Å². The number of halogens is 3. The summed E-state index contributed by atoms with van der Waals surface area (Å²) in [6, 6.07) is 4.78. The van der Waals surface area contributed by atoms with Gasteiger partial charge in [0.25, 0.3) is 0 Å². The molecule has 0 fully saturated rings. The van der Waals surface area contributed by atoms with E-state index in [2.05, 4.69) is 4.74 Å². The normalized spacial score (nSPS) is 12.4. The molecule has 0 unspecified atom stereocenters. The van der Waals surface area contributed by atoms with Crippen molar-refractivity contribution in [1.82, 2.24) is 0 Å². The lowest BCUT2D eigenvalue weighted by atomic mass is 10.2. The van der Waals surface area contributed by atoms with Gasteiger partial charge in [-0.25, -0.2) is 0 Å². The van der Waals surface area contributed by atoms with Crippen LogP contribution in [0.5, 0.6) is 5.75 Å². The van der Waals surface area contributed by atoms with Crippen molar-refractivity contribution in [2.24, 2.45) is 0 Å². The van der Waals surface area contributed by atoms with Crippen molar-refractivity contribution < 1.29 is 22.8 Å². The highest BCUT2D eigenvalue weighted by Gasteiger charge is 2.30. The molecule has 0 radical (unpaired) electrons. The Labute approximate surface area is 94.5 Å². The van der Waals surface area contributed by atoms with E-state index in [0.29, 0.717) is 5.56 Å². The van der Waals surface area contributed by atoms with Gasteiger partial charge in [-0.2, -0.15) is 0 Å². The summed E-state index contributed by atoms with van der Waals surface area (Å²) in [5, 5.41) is 10.3. The summed E-state index contributed by atoms with van der Waals surface area (Å²) in [5.41, 5.74) is 0.322. The van der Waals surface area contributed by atoms with Crippen molar-refractivity contribution >= 4 is 6.08 Å². The number of benzene rings is 1. The third-order valence-electron chi connectivity index (χ3n) is 1.78. The van der Waals surface area contributed by atoms with Crippen LogP contribution in [0.3, 0.4) is 0 Å². The van der Waals surface area contributed by atoms with Gasteiger partial charge in [-0.05, 0) is 17.7 Å². The van der Waals surface area contributed by atoms with Gasteiger partial charge >= 0.3 is 6.36 Å². The lowest BCUT2D eigenvalue weighted by molar-refractivity contribution is -0.422. The van der Waals surface area contributed by atoms with Gasteiger partial charge in [-0.3, -0.25) is 10.1 Å². The third-order valence-corrected chi connectivity index (χ3v) is 1.78. The fourth-order valence-electron chi connectivity index (χ4n) is 1.06. The Kier molecular flexibility index (Phi) is 3.72. The first-order valence-electron chi connectivity index (χ1n) is 4.46. The average molecular weight is 247 g/mol. The predicted molar refractivity (Wildman–Crippen MR) is 53.8 cm³/mol. The molecule has 0 spiro atoms. The van der Waals surface area contributed by atoms with E-state index in [0.717, 1.165) is 12.1 Å². The highest BCUT2D eigenvalue weighted by molar-refractivity contribution is 5.51. The predicted octanol–water partition coefficient (Wildman–Crippen LogP) is 3.22. The Balaban J connectivity index is 2.82. The largest absolute Gasteiger partial charge is 0.573 e. The first-order chi connectivity index (χ1) is 7.78. The Morgan fingerprint density at radius 3 is 2.29 bits per heavy atom. The molecule has 0 aliphatic rings. The Bertz CT molecular complexity index is 437. The zero-order chi connectivity index (χ0) is 13.1. The molecule has 7 heteroatoms. The maximum atomic E-state index is 11.8. The van der Waals surface area contributed by atoms with Gasteiger partial charge < -0.3 is 4.74 Å². The number of hydrogen-bond acceptors (Lipinski definition) is 3. The summed E-state index contributed by atoms with van der Waals surface area (Å²) in [5.74, 6) is -0.367. The van der Waals surface area contributed by atoms with E-state index in [9.17, 15) is 23.3 Å². The summed E-state index contributed by atoms with van der Waals surface area (Å²) >= 11 is 0. The van der Waals surface area contributed by atoms with Crippen molar-refractivity contribution in [2.75, 3.05) is 0 Å². The molecule has 0 amide bonds. The fourth-order valence-corrected chi connectivity index (χ4v) is 1.06. The lowest BCUT2D eigenvalue weighted by Crippen LogP contribution is -2.16. The number of ether oxygens (including phenoxy) is 1. The van der Waals surface area contributed by atoms with Crippen LogP contribution in [0.2, 0.25) is 0 Å². The first-order valence-corrected chi connectivity index (χ1v) is 4.46. The number of allylic oxidation sites excluding steroid dienone is 1. The fraction of sp³-hybridized carbons (Fsp3) is 0.200. The van der Waals surface area contributed by atoms with Crippen molar-refractivity contribution in [1.29, 1.82) is 0 Å². The second-order valence-corrected chi connectivity index (χ2v) is 3.16. The quantitative estimate of drug-likeness (QED) is 0.608. The van der Waals surface area contributed by atoms with Gasteiger partial charge in [0.2, 0.25) is 5.70 Å². The molecule has 1 rings (SSSR count). The molecular formula is C10H8F3NO3. The van der Waals surface area contributed by atoms with E-state index in [1.807, 2.05) is 0 Å². The first kappa shape index (κ1) is 13.0. The van der Waals surface area contributed by atoms with Crippen LogP contribution in [-0.4, -0.2) is 11.3 Å². The van der Waals surface area contributed by atoms with E-state index in [4.69, 9.17) is 0 Å². The van der Waals surface area contributed by atoms with Crippen LogP contribution in [0.1, 0.15) is 12.5 Å². The number of nitrogens with zero attached hydrogens (tertiary/aromatic N) is 1. The van der Waals surface area contributed by atoms with Gasteiger partial charge in [0.05, 0.1) is 4.92 Å². The monoisotopic (exact) mass is 247 g/mol. The van der Waals surface area contributed by atoms with Crippen LogP contribution in [-0.2, 0) is 0 Å². The zero-order valence-corrected chi connectivity index (χ0v) is 8.69. The van der Waals surface area contributed by atoms with Gasteiger partial charge in [-0.1, -0.05) is 12.1 Å². The minimum absolute atomic E-state index is 0.102. The van der Waals surface area contributed by atoms with E-state index in [1.54, 1.807) is 0 Å². The standard InChI is InChI=1S/C10H8F3NO3/c1-7(14(15)16)6-8-2-4-9(5-3-8)17-10(11,12)13/h2-6H,1H3/b7-6+. The van der Waals surface area contributed by atoms with Crippen molar-refractivity contribution in [3.63, 3.8) is 0 Å². The molecule has 0 heterocycles. The SMILES string of the molecule is C/C(=C\c1ccc(OC(F)(F)F)cc1)[N+](=O)[O-]. The van der Waals surface area contributed by atoms with Gasteiger partial charge in [-0.15, -0.1) is 13.2 Å². The summed E-state index contributed by atoms with van der Waals surface area (Å²) in [7, 11) is 0. The van der Waals surface area contributed by atoms with Crippen LogP contribution in [0, 0.1) is 10.1 Å². The molecular weight excluding hydrogens is 239 g/mol. The number of nitro groups is 1. The van der Waals surface area contributed by atoms with Crippen LogP contribution < -0.4 is 4.74 Å². The molecule has 0 aliphatic heterocycles. The zero-order valence-electron chi connectivity index (χ0n) is 8.69. The van der Waals surface area contributed by atoms with Gasteiger partial charge in [0.1, 0.15) is 5.75 Å². The molecule has 4 nitrogen and oxygen atoms in total. The van der Waals surface area contributed by atoms with E-state index in [-0.39, 0.29) is 11.4 Å². The molecule has 0 N–H and O–H groups in total. The highest BCUT2D eigenvalue weighted by Crippen LogP contribution is 2.23. The van der Waals surface area contributed by atoms with E-state index < -0.39 is 11.3 Å². The second-order valence-electron chi connectivity index (χ2n) is 3.16. The molecule has 17 heavy (non-hydrogen) atoms. The summed E-state index contributed by atoms with van der Waals surface area (Å²) in [6.45, 7) is 1.29. The van der Waals surface area contributed by atoms with Crippen LogP contribution in [0.4, 0.5) is 13.2 Å². The molecule has 0 aromatic heterocycles. The van der Waals surface area contributed by atoms with E-state index in [1.165, 1.54) is 25.1 Å². The smallest absolute Gasteiger partial charge is 0.406 e. The lowest BCUT2D eigenvalue weighted by Gasteiger charge is -2.08.